The third kappa shape index (κ3) is 6.83. The van der Waals surface area contributed by atoms with Crippen molar-refractivity contribution in [3.63, 3.8) is 0 Å². The van der Waals surface area contributed by atoms with Crippen molar-refractivity contribution < 1.29 is 14.3 Å². The van der Waals surface area contributed by atoms with E-state index in [1.807, 2.05) is 20.8 Å². The van der Waals surface area contributed by atoms with Gasteiger partial charge in [-0.3, -0.25) is 4.79 Å². The molecule has 16 heavy (non-hydrogen) atoms. The van der Waals surface area contributed by atoms with E-state index in [0.29, 0.717) is 6.61 Å². The molecular formula is C13H26O3. The first-order chi connectivity index (χ1) is 7.43. The zero-order chi connectivity index (χ0) is 12.6. The summed E-state index contributed by atoms with van der Waals surface area (Å²) in [5.41, 5.74) is -0.0802. The van der Waals surface area contributed by atoms with Crippen LogP contribution in [-0.2, 0) is 14.3 Å². The van der Waals surface area contributed by atoms with E-state index in [9.17, 15) is 4.79 Å². The predicted octanol–water partition coefficient (Wildman–Crippen LogP) is 3.17. The summed E-state index contributed by atoms with van der Waals surface area (Å²) in [4.78, 5) is 11.4. The van der Waals surface area contributed by atoms with Gasteiger partial charge in [0.2, 0.25) is 0 Å². The second kappa shape index (κ2) is 7.66. The summed E-state index contributed by atoms with van der Waals surface area (Å²) < 4.78 is 10.6. The standard InChI is InChI=1S/C13H26O3/c1-6-15-12(14)11(3)9-8-10-13(4,5)16-7-2/h11H,6-10H2,1-5H3. The van der Waals surface area contributed by atoms with Crippen LogP contribution in [0.15, 0.2) is 0 Å². The van der Waals surface area contributed by atoms with Crippen LogP contribution in [0.2, 0.25) is 0 Å². The van der Waals surface area contributed by atoms with Crippen molar-refractivity contribution in [3.8, 4) is 0 Å². The summed E-state index contributed by atoms with van der Waals surface area (Å²) in [5.74, 6) is -0.0888. The van der Waals surface area contributed by atoms with Gasteiger partial charge in [-0.15, -0.1) is 0 Å². The van der Waals surface area contributed by atoms with E-state index in [4.69, 9.17) is 9.47 Å². The minimum absolute atomic E-state index is 0.00243. The van der Waals surface area contributed by atoms with Crippen molar-refractivity contribution in [2.45, 2.75) is 59.5 Å². The first kappa shape index (κ1) is 15.4. The second-order valence-corrected chi connectivity index (χ2v) is 4.74. The molecule has 0 aliphatic carbocycles. The molecule has 1 atom stereocenters. The Labute approximate surface area is 99.5 Å². The maximum absolute atomic E-state index is 11.4. The molecule has 3 nitrogen and oxygen atoms in total. The molecule has 0 spiro atoms. The smallest absolute Gasteiger partial charge is 0.308 e. The van der Waals surface area contributed by atoms with Gasteiger partial charge in [-0.05, 0) is 47.0 Å². The lowest BCUT2D eigenvalue weighted by Crippen LogP contribution is -2.24. The van der Waals surface area contributed by atoms with Gasteiger partial charge in [0, 0.05) is 6.61 Å². The van der Waals surface area contributed by atoms with E-state index >= 15 is 0 Å². The zero-order valence-electron chi connectivity index (χ0n) is 11.3. The van der Waals surface area contributed by atoms with E-state index in [1.54, 1.807) is 0 Å². The lowest BCUT2D eigenvalue weighted by atomic mass is 9.96. The molecule has 0 amide bonds. The molecule has 0 bridgehead atoms. The first-order valence-corrected chi connectivity index (χ1v) is 6.23. The molecule has 0 aromatic heterocycles. The molecule has 1 unspecified atom stereocenters. The normalized spacial score (nSPS) is 13.6. The maximum Gasteiger partial charge on any atom is 0.308 e. The Morgan fingerprint density at radius 1 is 1.25 bits per heavy atom. The van der Waals surface area contributed by atoms with Crippen molar-refractivity contribution in [3.05, 3.63) is 0 Å². The predicted molar refractivity (Wildman–Crippen MR) is 65.4 cm³/mol. The van der Waals surface area contributed by atoms with Crippen molar-refractivity contribution >= 4 is 5.97 Å². The summed E-state index contributed by atoms with van der Waals surface area (Å²) in [7, 11) is 0. The van der Waals surface area contributed by atoms with Crippen molar-refractivity contribution in [1.82, 2.24) is 0 Å². The number of carbonyl (C=O) groups excluding carboxylic acids is 1. The maximum atomic E-state index is 11.4. The molecule has 96 valence electrons. The van der Waals surface area contributed by atoms with E-state index in [2.05, 4.69) is 13.8 Å². The highest BCUT2D eigenvalue weighted by molar-refractivity contribution is 5.71. The second-order valence-electron chi connectivity index (χ2n) is 4.74. The Morgan fingerprint density at radius 2 is 1.88 bits per heavy atom. The van der Waals surface area contributed by atoms with Crippen LogP contribution in [-0.4, -0.2) is 24.8 Å². The third-order valence-electron chi connectivity index (χ3n) is 2.64. The molecule has 3 heteroatoms. The molecule has 0 aliphatic heterocycles. The SMILES string of the molecule is CCOC(=O)C(C)CCCC(C)(C)OCC. The van der Waals surface area contributed by atoms with E-state index in [1.165, 1.54) is 0 Å². The van der Waals surface area contributed by atoms with Crippen LogP contribution in [0.4, 0.5) is 0 Å². The average Bonchev–Trinajstić information content (AvgIpc) is 2.17. The Balaban J connectivity index is 3.76. The Bertz CT molecular complexity index is 199. The molecule has 0 radical (unpaired) electrons. The minimum atomic E-state index is -0.0864. The number of esters is 1. The zero-order valence-corrected chi connectivity index (χ0v) is 11.3. The monoisotopic (exact) mass is 230 g/mol. The van der Waals surface area contributed by atoms with E-state index < -0.39 is 0 Å². The van der Waals surface area contributed by atoms with Gasteiger partial charge in [0.15, 0.2) is 0 Å². The topological polar surface area (TPSA) is 35.5 Å². The lowest BCUT2D eigenvalue weighted by molar-refractivity contribution is -0.147. The van der Waals surface area contributed by atoms with E-state index in [0.717, 1.165) is 25.9 Å². The van der Waals surface area contributed by atoms with Crippen LogP contribution in [0.5, 0.6) is 0 Å². The van der Waals surface area contributed by atoms with Gasteiger partial charge in [0.05, 0.1) is 18.1 Å². The molecule has 0 saturated carbocycles. The van der Waals surface area contributed by atoms with Crippen LogP contribution >= 0.6 is 0 Å². The number of carbonyl (C=O) groups is 1. The van der Waals surface area contributed by atoms with E-state index in [-0.39, 0.29) is 17.5 Å². The average molecular weight is 230 g/mol. The van der Waals surface area contributed by atoms with Gasteiger partial charge in [-0.2, -0.15) is 0 Å². The van der Waals surface area contributed by atoms with Gasteiger partial charge in [0.1, 0.15) is 0 Å². The number of rotatable bonds is 8. The fraction of sp³-hybridized carbons (Fsp3) is 0.923. The van der Waals surface area contributed by atoms with Gasteiger partial charge >= 0.3 is 5.97 Å². The highest BCUT2D eigenvalue weighted by atomic mass is 16.5. The lowest BCUT2D eigenvalue weighted by Gasteiger charge is -2.25. The highest BCUT2D eigenvalue weighted by Gasteiger charge is 2.19. The number of ether oxygens (including phenoxy) is 2. The number of hydrogen-bond acceptors (Lipinski definition) is 3. The highest BCUT2D eigenvalue weighted by Crippen LogP contribution is 2.20. The molecular weight excluding hydrogens is 204 g/mol. The quantitative estimate of drug-likeness (QED) is 0.601. The van der Waals surface area contributed by atoms with Gasteiger partial charge in [0.25, 0.3) is 0 Å². The summed E-state index contributed by atoms with van der Waals surface area (Å²) in [6, 6.07) is 0. The summed E-state index contributed by atoms with van der Waals surface area (Å²) in [6.45, 7) is 11.1. The third-order valence-corrected chi connectivity index (χ3v) is 2.64. The minimum Gasteiger partial charge on any atom is -0.466 e. The molecule has 0 saturated heterocycles. The molecule has 0 aliphatic rings. The fourth-order valence-corrected chi connectivity index (χ4v) is 1.70. The summed E-state index contributed by atoms with van der Waals surface area (Å²) >= 11 is 0. The van der Waals surface area contributed by atoms with Crippen LogP contribution in [0.25, 0.3) is 0 Å². The molecule has 0 aromatic rings. The van der Waals surface area contributed by atoms with Gasteiger partial charge < -0.3 is 9.47 Å². The molecule has 0 aromatic carbocycles. The summed E-state index contributed by atoms with van der Waals surface area (Å²) in [5, 5.41) is 0. The number of hydrogen-bond donors (Lipinski definition) is 0. The largest absolute Gasteiger partial charge is 0.466 e. The Kier molecular flexibility index (Phi) is 7.39. The van der Waals surface area contributed by atoms with Crippen molar-refractivity contribution in [2.75, 3.05) is 13.2 Å². The van der Waals surface area contributed by atoms with Crippen LogP contribution in [0, 0.1) is 5.92 Å². The molecule has 0 fully saturated rings. The fourth-order valence-electron chi connectivity index (χ4n) is 1.70. The van der Waals surface area contributed by atoms with Crippen molar-refractivity contribution in [1.29, 1.82) is 0 Å². The molecule has 0 N–H and O–H groups in total. The summed E-state index contributed by atoms with van der Waals surface area (Å²) in [6.07, 6.45) is 2.84. The first-order valence-electron chi connectivity index (χ1n) is 6.23. The molecule has 0 rings (SSSR count). The Hall–Kier alpha value is -0.570. The van der Waals surface area contributed by atoms with Crippen LogP contribution in [0.3, 0.4) is 0 Å². The van der Waals surface area contributed by atoms with Crippen LogP contribution in [0.1, 0.15) is 53.9 Å². The molecule has 0 heterocycles. The van der Waals surface area contributed by atoms with Gasteiger partial charge in [-0.25, -0.2) is 0 Å². The van der Waals surface area contributed by atoms with Crippen molar-refractivity contribution in [2.24, 2.45) is 5.92 Å². The van der Waals surface area contributed by atoms with Crippen LogP contribution < -0.4 is 0 Å². The Morgan fingerprint density at radius 3 is 2.38 bits per heavy atom. The van der Waals surface area contributed by atoms with Gasteiger partial charge in [-0.1, -0.05) is 6.92 Å².